The molecular weight excluding hydrogens is 236 g/mol. The number of allylic oxidation sites excluding steroid dienone is 2. The van der Waals surface area contributed by atoms with E-state index in [2.05, 4.69) is 27.7 Å². The average molecular weight is 266 g/mol. The first-order chi connectivity index (χ1) is 9.10. The zero-order chi connectivity index (χ0) is 14.4. The van der Waals surface area contributed by atoms with Gasteiger partial charge in [-0.25, -0.2) is 0 Å². The molecule has 0 aromatic carbocycles. The summed E-state index contributed by atoms with van der Waals surface area (Å²) in [5.41, 5.74) is 0.747. The Labute approximate surface area is 118 Å². The zero-order valence-electron chi connectivity index (χ0n) is 13.0. The average Bonchev–Trinajstić information content (AvgIpc) is 2.43. The van der Waals surface area contributed by atoms with Crippen LogP contribution in [0.3, 0.4) is 0 Å². The molecule has 1 fully saturated rings. The lowest BCUT2D eigenvalue weighted by Crippen LogP contribution is -2.29. The number of ketones is 1. The van der Waals surface area contributed by atoms with Gasteiger partial charge in [-0.2, -0.15) is 0 Å². The van der Waals surface area contributed by atoms with Gasteiger partial charge in [-0.3, -0.25) is 4.79 Å². The molecule has 1 unspecified atom stereocenters. The summed E-state index contributed by atoms with van der Waals surface area (Å²) in [6.45, 7) is 8.49. The minimum absolute atomic E-state index is 0.148. The van der Waals surface area contributed by atoms with Crippen LogP contribution in [0.4, 0.5) is 0 Å². The summed E-state index contributed by atoms with van der Waals surface area (Å²) in [5, 5.41) is 10.4. The molecule has 1 aliphatic rings. The summed E-state index contributed by atoms with van der Waals surface area (Å²) in [7, 11) is 0. The summed E-state index contributed by atoms with van der Waals surface area (Å²) in [4.78, 5) is 12.6. The predicted molar refractivity (Wildman–Crippen MR) is 80.1 cm³/mol. The predicted octanol–water partition coefficient (Wildman–Crippen LogP) is 5.04. The normalized spacial score (nSPS) is 23.3. The second kappa shape index (κ2) is 7.72. The third-order valence-corrected chi connectivity index (χ3v) is 4.88. The van der Waals surface area contributed by atoms with Crippen molar-refractivity contribution in [3.8, 4) is 0 Å². The van der Waals surface area contributed by atoms with Crippen LogP contribution in [0, 0.1) is 17.8 Å². The van der Waals surface area contributed by atoms with Crippen LogP contribution >= 0.6 is 0 Å². The number of hydrogen-bond acceptors (Lipinski definition) is 2. The molecule has 1 rings (SSSR count). The molecule has 110 valence electrons. The molecule has 0 aliphatic heterocycles. The minimum Gasteiger partial charge on any atom is -0.512 e. The Hall–Kier alpha value is -0.790. The molecule has 1 N–H and O–H groups in total. The molecule has 1 saturated carbocycles. The van der Waals surface area contributed by atoms with Gasteiger partial charge in [0.25, 0.3) is 0 Å². The van der Waals surface area contributed by atoms with Gasteiger partial charge < -0.3 is 5.11 Å². The van der Waals surface area contributed by atoms with Crippen molar-refractivity contribution in [2.45, 2.75) is 72.6 Å². The largest absolute Gasteiger partial charge is 0.512 e. The number of carbonyl (C=O) groups is 1. The molecule has 0 aromatic heterocycles. The first-order valence-corrected chi connectivity index (χ1v) is 8.06. The Balaban J connectivity index is 2.97. The van der Waals surface area contributed by atoms with E-state index in [1.165, 1.54) is 0 Å². The van der Waals surface area contributed by atoms with Gasteiger partial charge in [0.15, 0.2) is 5.78 Å². The van der Waals surface area contributed by atoms with Crippen molar-refractivity contribution in [3.63, 3.8) is 0 Å². The van der Waals surface area contributed by atoms with Crippen molar-refractivity contribution in [3.05, 3.63) is 11.3 Å². The van der Waals surface area contributed by atoms with Crippen LogP contribution in [0.5, 0.6) is 0 Å². The van der Waals surface area contributed by atoms with Gasteiger partial charge in [0.05, 0.1) is 0 Å². The van der Waals surface area contributed by atoms with Crippen molar-refractivity contribution >= 4 is 5.78 Å². The monoisotopic (exact) mass is 266 g/mol. The van der Waals surface area contributed by atoms with Gasteiger partial charge in [-0.1, -0.05) is 40.5 Å². The van der Waals surface area contributed by atoms with E-state index in [1.54, 1.807) is 0 Å². The maximum Gasteiger partial charge on any atom is 0.165 e. The van der Waals surface area contributed by atoms with Crippen molar-refractivity contribution in [2.24, 2.45) is 17.8 Å². The smallest absolute Gasteiger partial charge is 0.165 e. The second-order valence-corrected chi connectivity index (χ2v) is 5.82. The van der Waals surface area contributed by atoms with E-state index >= 15 is 0 Å². The second-order valence-electron chi connectivity index (χ2n) is 5.82. The first-order valence-electron chi connectivity index (χ1n) is 8.06. The SMILES string of the molecule is CCC(CC)C(O)=C1CCCC(C(CC)CC)C1=O. The lowest BCUT2D eigenvalue weighted by atomic mass is 9.73. The molecule has 0 radical (unpaired) electrons. The van der Waals surface area contributed by atoms with Gasteiger partial charge in [0, 0.05) is 17.4 Å². The highest BCUT2D eigenvalue weighted by Crippen LogP contribution is 2.36. The van der Waals surface area contributed by atoms with E-state index in [1.807, 2.05) is 0 Å². The molecule has 2 nitrogen and oxygen atoms in total. The van der Waals surface area contributed by atoms with E-state index in [4.69, 9.17) is 0 Å². The van der Waals surface area contributed by atoms with E-state index < -0.39 is 0 Å². The minimum atomic E-state index is 0.148. The van der Waals surface area contributed by atoms with Gasteiger partial charge in [0.2, 0.25) is 0 Å². The molecule has 0 aromatic rings. The van der Waals surface area contributed by atoms with E-state index in [0.29, 0.717) is 11.7 Å². The zero-order valence-corrected chi connectivity index (χ0v) is 13.0. The van der Waals surface area contributed by atoms with Crippen LogP contribution in [0.2, 0.25) is 0 Å². The third-order valence-electron chi connectivity index (χ3n) is 4.88. The third kappa shape index (κ3) is 3.61. The van der Waals surface area contributed by atoms with Crippen molar-refractivity contribution < 1.29 is 9.90 Å². The molecule has 1 atom stereocenters. The summed E-state index contributed by atoms with van der Waals surface area (Å²) < 4.78 is 0. The number of aliphatic hydroxyl groups is 1. The van der Waals surface area contributed by atoms with E-state index in [-0.39, 0.29) is 17.6 Å². The van der Waals surface area contributed by atoms with Crippen LogP contribution in [-0.4, -0.2) is 10.9 Å². The molecule has 0 spiro atoms. The molecule has 0 bridgehead atoms. The molecular formula is C17H30O2. The van der Waals surface area contributed by atoms with Gasteiger partial charge >= 0.3 is 0 Å². The topological polar surface area (TPSA) is 37.3 Å². The highest BCUT2D eigenvalue weighted by Gasteiger charge is 2.33. The fraction of sp³-hybridized carbons (Fsp3) is 0.824. The van der Waals surface area contributed by atoms with Crippen molar-refractivity contribution in [1.82, 2.24) is 0 Å². The Morgan fingerprint density at radius 2 is 1.74 bits per heavy atom. The van der Waals surface area contributed by atoms with Crippen LogP contribution in [0.25, 0.3) is 0 Å². The number of Topliss-reactive ketones (excluding diaryl/α,β-unsaturated/α-hetero) is 1. The fourth-order valence-electron chi connectivity index (χ4n) is 3.46. The molecule has 2 heteroatoms. The highest BCUT2D eigenvalue weighted by molar-refractivity contribution is 5.98. The Bertz CT molecular complexity index is 322. The first kappa shape index (κ1) is 16.3. The van der Waals surface area contributed by atoms with Gasteiger partial charge in [0.1, 0.15) is 5.76 Å². The summed E-state index contributed by atoms with van der Waals surface area (Å²) in [6, 6.07) is 0. The number of hydrogen-bond donors (Lipinski definition) is 1. The maximum absolute atomic E-state index is 12.6. The molecule has 0 amide bonds. The van der Waals surface area contributed by atoms with Gasteiger partial charge in [-0.15, -0.1) is 0 Å². The molecule has 0 saturated heterocycles. The quantitative estimate of drug-likeness (QED) is 0.540. The lowest BCUT2D eigenvalue weighted by Gasteiger charge is -2.30. The van der Waals surface area contributed by atoms with E-state index in [9.17, 15) is 9.90 Å². The highest BCUT2D eigenvalue weighted by atomic mass is 16.3. The number of aliphatic hydroxyl groups excluding tert-OH is 1. The fourth-order valence-corrected chi connectivity index (χ4v) is 3.46. The lowest BCUT2D eigenvalue weighted by molar-refractivity contribution is -0.122. The Morgan fingerprint density at radius 1 is 1.16 bits per heavy atom. The number of carbonyl (C=O) groups excluding carboxylic acids is 1. The summed E-state index contributed by atoms with van der Waals surface area (Å²) in [6.07, 6.45) is 6.77. The molecule has 0 heterocycles. The van der Waals surface area contributed by atoms with Crippen LogP contribution < -0.4 is 0 Å². The standard InChI is InChI=1S/C17H30O2/c1-5-12(6-2)14-10-9-11-15(17(14)19)16(18)13(7-3)8-4/h12-14,18H,5-11H2,1-4H3. The van der Waals surface area contributed by atoms with E-state index in [0.717, 1.165) is 50.5 Å². The van der Waals surface area contributed by atoms with Crippen molar-refractivity contribution in [2.75, 3.05) is 0 Å². The summed E-state index contributed by atoms with van der Waals surface area (Å²) >= 11 is 0. The summed E-state index contributed by atoms with van der Waals surface area (Å²) in [5.74, 6) is 1.43. The molecule has 19 heavy (non-hydrogen) atoms. The Kier molecular flexibility index (Phi) is 6.60. The Morgan fingerprint density at radius 3 is 2.21 bits per heavy atom. The maximum atomic E-state index is 12.6. The van der Waals surface area contributed by atoms with Crippen LogP contribution in [-0.2, 0) is 4.79 Å². The van der Waals surface area contributed by atoms with Crippen LogP contribution in [0.1, 0.15) is 72.6 Å². The molecule has 1 aliphatic carbocycles. The van der Waals surface area contributed by atoms with Crippen LogP contribution in [0.15, 0.2) is 11.3 Å². The van der Waals surface area contributed by atoms with Crippen molar-refractivity contribution in [1.29, 1.82) is 0 Å². The van der Waals surface area contributed by atoms with Gasteiger partial charge in [-0.05, 0) is 38.0 Å². The number of rotatable bonds is 6.